The zero-order valence-corrected chi connectivity index (χ0v) is 8.77. The molecule has 0 amide bonds. The molecule has 78 valence electrons. The van der Waals surface area contributed by atoms with Crippen LogP contribution >= 0.6 is 0 Å². The van der Waals surface area contributed by atoms with Gasteiger partial charge in [-0.25, -0.2) is 4.98 Å². The Morgan fingerprint density at radius 2 is 2.20 bits per heavy atom. The van der Waals surface area contributed by atoms with Crippen LogP contribution in [-0.2, 0) is 0 Å². The summed E-state index contributed by atoms with van der Waals surface area (Å²) in [6, 6.07) is 5.70. The third-order valence-corrected chi connectivity index (χ3v) is 1.87. The first-order chi connectivity index (χ1) is 7.25. The van der Waals surface area contributed by atoms with Crippen molar-refractivity contribution in [3.05, 3.63) is 30.6 Å². The number of aromatic nitrogens is 3. The van der Waals surface area contributed by atoms with E-state index in [4.69, 9.17) is 4.74 Å². The van der Waals surface area contributed by atoms with Gasteiger partial charge in [0.2, 0.25) is 5.88 Å². The van der Waals surface area contributed by atoms with E-state index in [1.54, 1.807) is 6.20 Å². The second-order valence-electron chi connectivity index (χ2n) is 3.51. The van der Waals surface area contributed by atoms with Crippen molar-refractivity contribution in [1.82, 2.24) is 15.2 Å². The lowest BCUT2D eigenvalue weighted by Gasteiger charge is -2.08. The average molecular weight is 203 g/mol. The van der Waals surface area contributed by atoms with Crippen molar-refractivity contribution in [2.24, 2.45) is 0 Å². The molecular formula is C11H13N3O. The number of nitrogens with zero attached hydrogens (tertiary/aromatic N) is 2. The van der Waals surface area contributed by atoms with Gasteiger partial charge in [-0.05, 0) is 19.9 Å². The van der Waals surface area contributed by atoms with E-state index in [-0.39, 0.29) is 6.10 Å². The Morgan fingerprint density at radius 3 is 2.87 bits per heavy atom. The van der Waals surface area contributed by atoms with Crippen LogP contribution in [0.25, 0.3) is 11.3 Å². The Morgan fingerprint density at radius 1 is 1.33 bits per heavy atom. The molecule has 1 N–H and O–H groups in total. The fourth-order valence-corrected chi connectivity index (χ4v) is 1.27. The van der Waals surface area contributed by atoms with Crippen molar-refractivity contribution in [2.45, 2.75) is 20.0 Å². The van der Waals surface area contributed by atoms with Gasteiger partial charge in [0, 0.05) is 17.8 Å². The predicted octanol–water partition coefficient (Wildman–Crippen LogP) is 2.26. The minimum absolute atomic E-state index is 0.136. The quantitative estimate of drug-likeness (QED) is 0.832. The molecule has 2 rings (SSSR count). The number of hydrogen-bond acceptors (Lipinski definition) is 3. The van der Waals surface area contributed by atoms with E-state index in [9.17, 15) is 0 Å². The molecule has 2 heterocycles. The number of H-pyrrole nitrogens is 1. The van der Waals surface area contributed by atoms with Gasteiger partial charge >= 0.3 is 0 Å². The van der Waals surface area contributed by atoms with Crippen molar-refractivity contribution in [3.63, 3.8) is 0 Å². The van der Waals surface area contributed by atoms with Crippen molar-refractivity contribution < 1.29 is 4.74 Å². The maximum Gasteiger partial charge on any atom is 0.214 e. The highest BCUT2D eigenvalue weighted by Crippen LogP contribution is 2.18. The van der Waals surface area contributed by atoms with Gasteiger partial charge in [-0.1, -0.05) is 6.07 Å². The summed E-state index contributed by atoms with van der Waals surface area (Å²) in [5.74, 6) is 0.642. The normalized spacial score (nSPS) is 10.6. The largest absolute Gasteiger partial charge is 0.475 e. The highest BCUT2D eigenvalue weighted by molar-refractivity contribution is 5.57. The molecule has 2 aromatic heterocycles. The fourth-order valence-electron chi connectivity index (χ4n) is 1.27. The molecule has 0 aliphatic carbocycles. The highest BCUT2D eigenvalue weighted by Gasteiger charge is 2.03. The summed E-state index contributed by atoms with van der Waals surface area (Å²) >= 11 is 0. The van der Waals surface area contributed by atoms with Crippen LogP contribution in [0.3, 0.4) is 0 Å². The fraction of sp³-hybridized carbons (Fsp3) is 0.273. The lowest BCUT2D eigenvalue weighted by atomic mass is 10.2. The molecule has 4 heteroatoms. The van der Waals surface area contributed by atoms with Crippen LogP contribution in [0.4, 0.5) is 0 Å². The van der Waals surface area contributed by atoms with Crippen molar-refractivity contribution in [3.8, 4) is 17.1 Å². The first kappa shape index (κ1) is 9.71. The van der Waals surface area contributed by atoms with E-state index in [2.05, 4.69) is 15.2 Å². The molecule has 0 saturated heterocycles. The molecule has 0 saturated carbocycles. The molecule has 0 aromatic carbocycles. The van der Waals surface area contributed by atoms with Gasteiger partial charge in [0.25, 0.3) is 0 Å². The molecule has 4 nitrogen and oxygen atoms in total. The minimum atomic E-state index is 0.136. The van der Waals surface area contributed by atoms with Crippen LogP contribution in [0.5, 0.6) is 5.88 Å². The first-order valence-electron chi connectivity index (χ1n) is 4.88. The van der Waals surface area contributed by atoms with Gasteiger partial charge < -0.3 is 4.74 Å². The van der Waals surface area contributed by atoms with E-state index in [1.807, 2.05) is 38.2 Å². The van der Waals surface area contributed by atoms with E-state index >= 15 is 0 Å². The number of rotatable bonds is 3. The molecule has 0 atom stereocenters. The average Bonchev–Trinajstić information content (AvgIpc) is 2.69. The maximum atomic E-state index is 5.51. The minimum Gasteiger partial charge on any atom is -0.475 e. The van der Waals surface area contributed by atoms with Crippen molar-refractivity contribution in [2.75, 3.05) is 0 Å². The van der Waals surface area contributed by atoms with Gasteiger partial charge in [-0.15, -0.1) is 0 Å². The Balaban J connectivity index is 2.27. The summed E-state index contributed by atoms with van der Waals surface area (Å²) in [6.45, 7) is 3.96. The summed E-state index contributed by atoms with van der Waals surface area (Å²) in [5, 5.41) is 6.64. The summed E-state index contributed by atoms with van der Waals surface area (Å²) in [7, 11) is 0. The van der Waals surface area contributed by atoms with Crippen LogP contribution in [0.15, 0.2) is 30.6 Å². The molecule has 0 unspecified atom stereocenters. The third kappa shape index (κ3) is 2.34. The predicted molar refractivity (Wildman–Crippen MR) is 57.6 cm³/mol. The Labute approximate surface area is 88.3 Å². The zero-order chi connectivity index (χ0) is 10.7. The summed E-state index contributed by atoms with van der Waals surface area (Å²) < 4.78 is 5.51. The standard InChI is InChI=1S/C11H13N3O/c1-8(2)15-11-5-3-4-10(14-11)9-6-12-13-7-9/h3-8H,1-2H3,(H,12,13). The summed E-state index contributed by atoms with van der Waals surface area (Å²) in [5.41, 5.74) is 1.83. The van der Waals surface area contributed by atoms with Crippen molar-refractivity contribution in [1.29, 1.82) is 0 Å². The van der Waals surface area contributed by atoms with Crippen LogP contribution in [0.2, 0.25) is 0 Å². The molecule has 0 fully saturated rings. The Kier molecular flexibility index (Phi) is 2.67. The van der Waals surface area contributed by atoms with E-state index in [1.165, 1.54) is 0 Å². The Bertz CT molecular complexity index is 423. The molecule has 0 spiro atoms. The lowest BCUT2D eigenvalue weighted by Crippen LogP contribution is -2.06. The van der Waals surface area contributed by atoms with Gasteiger partial charge in [0.05, 0.1) is 18.0 Å². The molecule has 0 aliphatic heterocycles. The maximum absolute atomic E-state index is 5.51. The summed E-state index contributed by atoms with van der Waals surface area (Å²) in [4.78, 5) is 4.37. The first-order valence-corrected chi connectivity index (χ1v) is 4.88. The number of hydrogen-bond donors (Lipinski definition) is 1. The second kappa shape index (κ2) is 4.13. The van der Waals surface area contributed by atoms with E-state index in [0.29, 0.717) is 5.88 Å². The van der Waals surface area contributed by atoms with Crippen molar-refractivity contribution >= 4 is 0 Å². The second-order valence-corrected chi connectivity index (χ2v) is 3.51. The lowest BCUT2D eigenvalue weighted by molar-refractivity contribution is 0.233. The number of aromatic amines is 1. The van der Waals surface area contributed by atoms with Crippen LogP contribution < -0.4 is 4.74 Å². The summed E-state index contributed by atoms with van der Waals surface area (Å²) in [6.07, 6.45) is 3.68. The smallest absolute Gasteiger partial charge is 0.214 e. The number of ether oxygens (including phenoxy) is 1. The number of nitrogens with one attached hydrogen (secondary N) is 1. The molecule has 2 aromatic rings. The third-order valence-electron chi connectivity index (χ3n) is 1.87. The highest BCUT2D eigenvalue weighted by atomic mass is 16.5. The van der Waals surface area contributed by atoms with E-state index < -0.39 is 0 Å². The van der Waals surface area contributed by atoms with Crippen LogP contribution in [0.1, 0.15) is 13.8 Å². The molecule has 0 aliphatic rings. The van der Waals surface area contributed by atoms with Gasteiger partial charge in [-0.3, -0.25) is 5.10 Å². The monoisotopic (exact) mass is 203 g/mol. The molecule has 15 heavy (non-hydrogen) atoms. The van der Waals surface area contributed by atoms with Gasteiger partial charge in [0.15, 0.2) is 0 Å². The topological polar surface area (TPSA) is 50.8 Å². The Hall–Kier alpha value is -1.84. The zero-order valence-electron chi connectivity index (χ0n) is 8.77. The van der Waals surface area contributed by atoms with Gasteiger partial charge in [-0.2, -0.15) is 5.10 Å². The number of pyridine rings is 1. The SMILES string of the molecule is CC(C)Oc1cccc(-c2cn[nH]c2)n1. The molecule has 0 bridgehead atoms. The molecular weight excluding hydrogens is 190 g/mol. The van der Waals surface area contributed by atoms with Crippen LogP contribution in [-0.4, -0.2) is 21.3 Å². The van der Waals surface area contributed by atoms with Crippen LogP contribution in [0, 0.1) is 0 Å². The molecule has 0 radical (unpaired) electrons. The van der Waals surface area contributed by atoms with E-state index in [0.717, 1.165) is 11.3 Å². The van der Waals surface area contributed by atoms with Gasteiger partial charge in [0.1, 0.15) is 0 Å².